The Hall–Kier alpha value is -1.41. The van der Waals surface area contributed by atoms with Crippen LogP contribution >= 0.6 is 23.2 Å². The van der Waals surface area contributed by atoms with Gasteiger partial charge in [-0.05, 0) is 45.8 Å². The summed E-state index contributed by atoms with van der Waals surface area (Å²) in [6.45, 7) is 2.63. The van der Waals surface area contributed by atoms with E-state index in [2.05, 4.69) is 5.32 Å². The fourth-order valence-electron chi connectivity index (χ4n) is 3.09. The van der Waals surface area contributed by atoms with E-state index in [0.717, 1.165) is 30.9 Å². The van der Waals surface area contributed by atoms with Crippen LogP contribution in [-0.4, -0.2) is 53.1 Å². The van der Waals surface area contributed by atoms with E-state index in [1.807, 2.05) is 11.9 Å². The van der Waals surface area contributed by atoms with Crippen LogP contribution in [0, 0.1) is 0 Å². The SMILES string of the molecule is CC(NC(=O)N(O)C1CCCCN1C)c1cccc(OCCl)c1OCCl. The molecule has 1 heterocycles. The lowest BCUT2D eigenvalue weighted by Crippen LogP contribution is -2.53. The zero-order valence-electron chi connectivity index (χ0n) is 15.0. The number of nitrogens with zero attached hydrogens (tertiary/aromatic N) is 2. The normalized spacial score (nSPS) is 18.9. The zero-order chi connectivity index (χ0) is 19.1. The van der Waals surface area contributed by atoms with Gasteiger partial charge in [0.25, 0.3) is 0 Å². The molecule has 0 saturated carbocycles. The van der Waals surface area contributed by atoms with Crippen LogP contribution in [0.25, 0.3) is 0 Å². The highest BCUT2D eigenvalue weighted by atomic mass is 35.5. The highest BCUT2D eigenvalue weighted by Gasteiger charge is 2.29. The topological polar surface area (TPSA) is 74.3 Å². The van der Waals surface area contributed by atoms with Gasteiger partial charge in [0.1, 0.15) is 6.17 Å². The lowest BCUT2D eigenvalue weighted by molar-refractivity contribution is -0.133. The number of para-hydroxylation sites is 1. The molecule has 26 heavy (non-hydrogen) atoms. The Balaban J connectivity index is 2.12. The quantitative estimate of drug-likeness (QED) is 0.410. The molecule has 1 fully saturated rings. The second-order valence-electron chi connectivity index (χ2n) is 6.15. The number of ether oxygens (including phenoxy) is 2. The second-order valence-corrected chi connectivity index (χ2v) is 6.59. The minimum absolute atomic E-state index is 0.0404. The van der Waals surface area contributed by atoms with Crippen molar-refractivity contribution in [3.63, 3.8) is 0 Å². The molecule has 0 aromatic heterocycles. The van der Waals surface area contributed by atoms with Crippen molar-refractivity contribution in [2.24, 2.45) is 0 Å². The number of nitrogens with one attached hydrogen (secondary N) is 1. The molecular weight excluding hydrogens is 381 g/mol. The van der Waals surface area contributed by atoms with Gasteiger partial charge in [0, 0.05) is 5.56 Å². The van der Waals surface area contributed by atoms with Crippen LogP contribution in [-0.2, 0) is 0 Å². The van der Waals surface area contributed by atoms with Crippen molar-refractivity contribution < 1.29 is 19.5 Å². The van der Waals surface area contributed by atoms with E-state index in [1.54, 1.807) is 25.1 Å². The molecule has 2 atom stereocenters. The van der Waals surface area contributed by atoms with Gasteiger partial charge >= 0.3 is 6.03 Å². The third kappa shape index (κ3) is 5.07. The molecule has 1 aliphatic heterocycles. The molecule has 2 amide bonds. The van der Waals surface area contributed by atoms with Gasteiger partial charge in [0.15, 0.2) is 23.6 Å². The summed E-state index contributed by atoms with van der Waals surface area (Å²) in [5.41, 5.74) is 0.673. The second kappa shape index (κ2) is 10.1. The van der Waals surface area contributed by atoms with Crippen LogP contribution in [0.1, 0.15) is 37.8 Å². The summed E-state index contributed by atoms with van der Waals surface area (Å²) in [6, 6.07) is 4.14. The van der Waals surface area contributed by atoms with Gasteiger partial charge < -0.3 is 14.8 Å². The lowest BCUT2D eigenvalue weighted by atomic mass is 10.1. The molecule has 7 nitrogen and oxygen atoms in total. The molecule has 2 unspecified atom stereocenters. The van der Waals surface area contributed by atoms with Gasteiger partial charge in [-0.1, -0.05) is 35.3 Å². The van der Waals surface area contributed by atoms with Crippen LogP contribution in [0.2, 0.25) is 0 Å². The number of benzene rings is 1. The first-order chi connectivity index (χ1) is 12.5. The molecule has 2 rings (SSSR count). The molecular formula is C17H25Cl2N3O4. The van der Waals surface area contributed by atoms with Crippen LogP contribution in [0.3, 0.4) is 0 Å². The Morgan fingerprint density at radius 2 is 2.12 bits per heavy atom. The standard InChI is InChI=1S/C17H25Cl2N3O4/c1-12(13-6-5-7-14(25-10-18)16(13)26-11-19)20-17(23)22(24)15-8-3-4-9-21(15)2/h5-7,12,15,24H,3-4,8-11H2,1-2H3,(H,20,23). The van der Waals surface area contributed by atoms with Crippen molar-refractivity contribution in [2.45, 2.75) is 38.4 Å². The Morgan fingerprint density at radius 1 is 1.38 bits per heavy atom. The first-order valence-electron chi connectivity index (χ1n) is 8.48. The number of amides is 2. The molecule has 146 valence electrons. The summed E-state index contributed by atoms with van der Waals surface area (Å²) in [5.74, 6) is 0.849. The third-order valence-corrected chi connectivity index (χ3v) is 4.67. The highest BCUT2D eigenvalue weighted by molar-refractivity contribution is 6.17. The number of piperidine rings is 1. The van der Waals surface area contributed by atoms with Gasteiger partial charge in [-0.2, -0.15) is 5.06 Å². The molecule has 0 radical (unpaired) electrons. The number of carbonyl (C=O) groups excluding carboxylic acids is 1. The van der Waals surface area contributed by atoms with Gasteiger partial charge in [0.05, 0.1) is 6.04 Å². The number of carbonyl (C=O) groups is 1. The molecule has 9 heteroatoms. The summed E-state index contributed by atoms with van der Waals surface area (Å²) in [4.78, 5) is 14.4. The maximum absolute atomic E-state index is 12.5. The Bertz CT molecular complexity index is 605. The monoisotopic (exact) mass is 405 g/mol. The van der Waals surface area contributed by atoms with Gasteiger partial charge in [-0.3, -0.25) is 10.1 Å². The molecule has 0 aliphatic carbocycles. The van der Waals surface area contributed by atoms with Crippen molar-refractivity contribution in [2.75, 3.05) is 25.7 Å². The number of halogens is 2. The summed E-state index contributed by atoms with van der Waals surface area (Å²) >= 11 is 11.3. The van der Waals surface area contributed by atoms with E-state index in [0.29, 0.717) is 17.1 Å². The van der Waals surface area contributed by atoms with E-state index in [-0.39, 0.29) is 18.3 Å². The predicted molar refractivity (Wildman–Crippen MR) is 100.0 cm³/mol. The molecule has 1 aromatic rings. The summed E-state index contributed by atoms with van der Waals surface area (Å²) in [5, 5.41) is 13.8. The zero-order valence-corrected chi connectivity index (χ0v) is 16.5. The number of likely N-dealkylation sites (tertiary alicyclic amines) is 1. The van der Waals surface area contributed by atoms with E-state index < -0.39 is 12.1 Å². The van der Waals surface area contributed by atoms with Crippen molar-refractivity contribution >= 4 is 29.2 Å². The molecule has 1 aromatic carbocycles. The smallest absolute Gasteiger partial charge is 0.343 e. The van der Waals surface area contributed by atoms with Crippen molar-refractivity contribution in [3.05, 3.63) is 23.8 Å². The number of rotatable bonds is 7. The predicted octanol–water partition coefficient (Wildman–Crippen LogP) is 3.74. The number of hydroxylamine groups is 2. The van der Waals surface area contributed by atoms with E-state index in [1.165, 1.54) is 0 Å². The molecule has 1 saturated heterocycles. The van der Waals surface area contributed by atoms with Crippen LogP contribution in [0.5, 0.6) is 11.5 Å². The average molecular weight is 406 g/mol. The Labute approximate surface area is 163 Å². The molecule has 1 aliphatic rings. The Morgan fingerprint density at radius 3 is 2.77 bits per heavy atom. The molecule has 0 spiro atoms. The largest absolute Gasteiger partial charge is 0.474 e. The van der Waals surface area contributed by atoms with E-state index >= 15 is 0 Å². The summed E-state index contributed by atoms with van der Waals surface area (Å²) in [7, 11) is 1.89. The van der Waals surface area contributed by atoms with Gasteiger partial charge in [-0.15, -0.1) is 0 Å². The van der Waals surface area contributed by atoms with Crippen molar-refractivity contribution in [1.29, 1.82) is 0 Å². The summed E-state index contributed by atoms with van der Waals surface area (Å²) < 4.78 is 10.8. The van der Waals surface area contributed by atoms with Crippen molar-refractivity contribution in [3.8, 4) is 11.5 Å². The maximum atomic E-state index is 12.5. The minimum atomic E-state index is -0.572. The number of urea groups is 1. The summed E-state index contributed by atoms with van der Waals surface area (Å²) in [6.07, 6.45) is 2.43. The Kier molecular flexibility index (Phi) is 8.09. The average Bonchev–Trinajstić information content (AvgIpc) is 2.63. The third-order valence-electron chi connectivity index (χ3n) is 4.45. The van der Waals surface area contributed by atoms with Crippen LogP contribution < -0.4 is 14.8 Å². The number of hydrogen-bond donors (Lipinski definition) is 2. The maximum Gasteiger partial charge on any atom is 0.343 e. The van der Waals surface area contributed by atoms with Crippen molar-refractivity contribution in [1.82, 2.24) is 15.3 Å². The lowest BCUT2D eigenvalue weighted by Gasteiger charge is -2.37. The molecule has 2 N–H and O–H groups in total. The highest BCUT2D eigenvalue weighted by Crippen LogP contribution is 2.35. The fraction of sp³-hybridized carbons (Fsp3) is 0.588. The first-order valence-corrected chi connectivity index (χ1v) is 9.55. The number of alkyl halides is 2. The fourth-order valence-corrected chi connectivity index (χ4v) is 3.31. The molecule has 0 bridgehead atoms. The minimum Gasteiger partial charge on any atom is -0.474 e. The first kappa shape index (κ1) is 20.9. The van der Waals surface area contributed by atoms with E-state index in [9.17, 15) is 10.0 Å². The van der Waals surface area contributed by atoms with Gasteiger partial charge in [-0.25, -0.2) is 4.79 Å². The van der Waals surface area contributed by atoms with Crippen LogP contribution in [0.4, 0.5) is 4.79 Å². The van der Waals surface area contributed by atoms with E-state index in [4.69, 9.17) is 32.7 Å². The van der Waals surface area contributed by atoms with Crippen LogP contribution in [0.15, 0.2) is 18.2 Å². The van der Waals surface area contributed by atoms with Gasteiger partial charge in [0.2, 0.25) is 0 Å². The number of hydrogen-bond acceptors (Lipinski definition) is 5.